The summed E-state index contributed by atoms with van der Waals surface area (Å²) in [7, 11) is 0. The maximum Gasteiger partial charge on any atom is 0.226 e. The zero-order valence-corrected chi connectivity index (χ0v) is 16.9. The summed E-state index contributed by atoms with van der Waals surface area (Å²) < 4.78 is 1.99. The minimum atomic E-state index is -0.125. The van der Waals surface area contributed by atoms with Crippen LogP contribution in [0.1, 0.15) is 22.6 Å². The van der Waals surface area contributed by atoms with Crippen LogP contribution in [-0.2, 0) is 17.8 Å². The Hall–Kier alpha value is -3.25. The predicted molar refractivity (Wildman–Crippen MR) is 113 cm³/mol. The molecular weight excluding hydrogens is 386 g/mol. The Labute approximate surface area is 173 Å². The molecule has 29 heavy (non-hydrogen) atoms. The van der Waals surface area contributed by atoms with E-state index in [0.717, 1.165) is 28.2 Å². The number of carbonyl (C=O) groups is 1. The molecule has 3 heterocycles. The number of fused-ring (bicyclic) bond motifs is 1. The number of benzene rings is 1. The lowest BCUT2D eigenvalue weighted by atomic mass is 10.1. The van der Waals surface area contributed by atoms with Gasteiger partial charge >= 0.3 is 0 Å². The fourth-order valence-corrected chi connectivity index (χ4v) is 3.23. The second-order valence-corrected chi connectivity index (χ2v) is 7.42. The molecule has 0 aliphatic carbocycles. The van der Waals surface area contributed by atoms with Crippen LogP contribution >= 0.6 is 11.6 Å². The summed E-state index contributed by atoms with van der Waals surface area (Å²) in [5.41, 5.74) is 5.74. The Balaban J connectivity index is 1.63. The molecule has 3 aromatic heterocycles. The molecule has 1 aromatic carbocycles. The van der Waals surface area contributed by atoms with E-state index in [1.807, 2.05) is 60.8 Å². The zero-order chi connectivity index (χ0) is 20.4. The van der Waals surface area contributed by atoms with Gasteiger partial charge < -0.3 is 9.72 Å². The average Bonchev–Trinajstić information content (AvgIpc) is 3.06. The Bertz CT molecular complexity index is 1170. The van der Waals surface area contributed by atoms with E-state index in [1.165, 1.54) is 18.0 Å². The maximum absolute atomic E-state index is 12.7. The van der Waals surface area contributed by atoms with E-state index in [2.05, 4.69) is 15.3 Å². The molecule has 4 rings (SSSR count). The van der Waals surface area contributed by atoms with Crippen molar-refractivity contribution in [1.29, 1.82) is 0 Å². The summed E-state index contributed by atoms with van der Waals surface area (Å²) in [5.74, 6) is 0.385. The van der Waals surface area contributed by atoms with Gasteiger partial charge in [0.2, 0.25) is 5.91 Å². The third kappa shape index (κ3) is 4.27. The number of aryl methyl sites for hydroxylation is 2. The third-order valence-corrected chi connectivity index (χ3v) is 4.83. The highest BCUT2D eigenvalue weighted by Gasteiger charge is 2.17. The van der Waals surface area contributed by atoms with E-state index >= 15 is 0 Å². The average molecular weight is 406 g/mol. The highest BCUT2D eigenvalue weighted by atomic mass is 35.5. The van der Waals surface area contributed by atoms with Crippen LogP contribution in [0.5, 0.6) is 0 Å². The molecule has 0 spiro atoms. The molecule has 4 aromatic rings. The van der Waals surface area contributed by atoms with Crippen LogP contribution in [0.4, 0.5) is 0 Å². The number of amides is 1. The SMILES string of the molecule is Cc1ccc(-c2nc3ccc(C)cn3c2CC(=O)NCc2ncc(Cl)cn2)cc1. The van der Waals surface area contributed by atoms with Crippen molar-refractivity contribution in [1.82, 2.24) is 24.7 Å². The summed E-state index contributed by atoms with van der Waals surface area (Å²) in [6, 6.07) is 12.2. The maximum atomic E-state index is 12.7. The lowest BCUT2D eigenvalue weighted by Crippen LogP contribution is -2.26. The smallest absolute Gasteiger partial charge is 0.226 e. The molecule has 1 N–H and O–H groups in total. The van der Waals surface area contributed by atoms with E-state index in [9.17, 15) is 4.79 Å². The number of imidazole rings is 1. The van der Waals surface area contributed by atoms with Crippen molar-refractivity contribution in [2.45, 2.75) is 26.8 Å². The lowest BCUT2D eigenvalue weighted by molar-refractivity contribution is -0.120. The number of nitrogens with zero attached hydrogens (tertiary/aromatic N) is 4. The summed E-state index contributed by atoms with van der Waals surface area (Å²) in [4.78, 5) is 25.7. The standard InChI is InChI=1S/C22H20ClN5O/c1-14-3-6-16(7-4-14)22-18(28-13-15(2)5-8-20(28)27-22)9-21(29)26-12-19-24-10-17(23)11-25-19/h3-8,10-11,13H,9,12H2,1-2H3,(H,26,29). The third-order valence-electron chi connectivity index (χ3n) is 4.64. The number of nitrogens with one attached hydrogen (secondary N) is 1. The normalized spacial score (nSPS) is 11.0. The molecule has 6 nitrogen and oxygen atoms in total. The quantitative estimate of drug-likeness (QED) is 0.546. The van der Waals surface area contributed by atoms with Crippen molar-refractivity contribution in [3.63, 3.8) is 0 Å². The van der Waals surface area contributed by atoms with Gasteiger partial charge in [-0.1, -0.05) is 47.5 Å². The van der Waals surface area contributed by atoms with Crippen molar-refractivity contribution < 1.29 is 4.79 Å². The van der Waals surface area contributed by atoms with E-state index < -0.39 is 0 Å². The number of hydrogen-bond donors (Lipinski definition) is 1. The number of rotatable bonds is 5. The van der Waals surface area contributed by atoms with Crippen LogP contribution in [0, 0.1) is 13.8 Å². The van der Waals surface area contributed by atoms with Gasteiger partial charge in [-0.15, -0.1) is 0 Å². The summed E-state index contributed by atoms with van der Waals surface area (Å²) in [5, 5.41) is 3.34. The molecule has 0 fully saturated rings. The van der Waals surface area contributed by atoms with Gasteiger partial charge in [0.15, 0.2) is 0 Å². The summed E-state index contributed by atoms with van der Waals surface area (Å²) in [6.07, 6.45) is 5.23. The van der Waals surface area contributed by atoms with Crippen LogP contribution in [0.15, 0.2) is 55.0 Å². The van der Waals surface area contributed by atoms with Gasteiger partial charge in [0, 0.05) is 24.2 Å². The predicted octanol–water partition coefficient (Wildman–Crippen LogP) is 3.92. The van der Waals surface area contributed by atoms with Gasteiger partial charge in [-0.3, -0.25) is 4.79 Å². The number of pyridine rings is 1. The molecule has 0 bridgehead atoms. The van der Waals surface area contributed by atoms with Crippen LogP contribution in [0.2, 0.25) is 5.02 Å². The van der Waals surface area contributed by atoms with E-state index in [4.69, 9.17) is 16.6 Å². The fraction of sp³-hybridized carbons (Fsp3) is 0.182. The van der Waals surface area contributed by atoms with E-state index in [0.29, 0.717) is 10.8 Å². The van der Waals surface area contributed by atoms with Crippen LogP contribution in [-0.4, -0.2) is 25.3 Å². The first-order valence-electron chi connectivity index (χ1n) is 9.27. The van der Waals surface area contributed by atoms with Crippen molar-refractivity contribution in [3.05, 3.63) is 82.7 Å². The molecule has 1 amide bonds. The van der Waals surface area contributed by atoms with E-state index in [1.54, 1.807) is 0 Å². The molecule has 0 saturated heterocycles. The van der Waals surface area contributed by atoms with Gasteiger partial charge in [0.05, 0.1) is 29.4 Å². The second kappa shape index (κ2) is 8.01. The van der Waals surface area contributed by atoms with Gasteiger partial charge in [-0.05, 0) is 25.5 Å². The minimum Gasteiger partial charge on any atom is -0.348 e. The van der Waals surface area contributed by atoms with Gasteiger partial charge in [0.1, 0.15) is 11.5 Å². The van der Waals surface area contributed by atoms with Crippen LogP contribution < -0.4 is 5.32 Å². The molecule has 7 heteroatoms. The Morgan fingerprint density at radius 2 is 1.72 bits per heavy atom. The van der Waals surface area contributed by atoms with Gasteiger partial charge in [0.25, 0.3) is 0 Å². The number of halogens is 1. The van der Waals surface area contributed by atoms with Crippen LogP contribution in [0.3, 0.4) is 0 Å². The van der Waals surface area contributed by atoms with Gasteiger partial charge in [-0.25, -0.2) is 15.0 Å². The fourth-order valence-electron chi connectivity index (χ4n) is 3.13. The van der Waals surface area contributed by atoms with E-state index in [-0.39, 0.29) is 18.9 Å². The molecule has 0 saturated carbocycles. The highest BCUT2D eigenvalue weighted by Crippen LogP contribution is 2.26. The first-order chi connectivity index (χ1) is 14.0. The van der Waals surface area contributed by atoms with Crippen molar-refractivity contribution in [2.75, 3.05) is 0 Å². The lowest BCUT2D eigenvalue weighted by Gasteiger charge is -2.08. The monoisotopic (exact) mass is 405 g/mol. The summed E-state index contributed by atoms with van der Waals surface area (Å²) in [6.45, 7) is 4.31. The Morgan fingerprint density at radius 1 is 1.03 bits per heavy atom. The molecule has 0 unspecified atom stereocenters. The highest BCUT2D eigenvalue weighted by molar-refractivity contribution is 6.30. The topological polar surface area (TPSA) is 72.2 Å². The largest absolute Gasteiger partial charge is 0.348 e. The second-order valence-electron chi connectivity index (χ2n) is 6.98. The van der Waals surface area contributed by atoms with Crippen LogP contribution in [0.25, 0.3) is 16.9 Å². The van der Waals surface area contributed by atoms with Crippen molar-refractivity contribution >= 4 is 23.2 Å². The number of aromatic nitrogens is 4. The van der Waals surface area contributed by atoms with Gasteiger partial charge in [-0.2, -0.15) is 0 Å². The first-order valence-corrected chi connectivity index (χ1v) is 9.65. The molecule has 0 aliphatic rings. The number of hydrogen-bond acceptors (Lipinski definition) is 4. The summed E-state index contributed by atoms with van der Waals surface area (Å²) >= 11 is 5.80. The zero-order valence-electron chi connectivity index (χ0n) is 16.2. The molecule has 146 valence electrons. The van der Waals surface area contributed by atoms with Crippen molar-refractivity contribution in [2.24, 2.45) is 0 Å². The van der Waals surface area contributed by atoms with Crippen molar-refractivity contribution in [3.8, 4) is 11.3 Å². The molecule has 0 aliphatic heterocycles. The molecule has 0 radical (unpaired) electrons. The minimum absolute atomic E-state index is 0.125. The Morgan fingerprint density at radius 3 is 2.45 bits per heavy atom. The Kier molecular flexibility index (Phi) is 5.27. The molecular formula is C22H20ClN5O. The first kappa shape index (κ1) is 19.1. The number of carbonyl (C=O) groups excluding carboxylic acids is 1. The molecule has 0 atom stereocenters.